The van der Waals surface area contributed by atoms with Crippen LogP contribution in [0.5, 0.6) is 0 Å². The largest absolute Gasteiger partial charge is 0.378 e. The van der Waals surface area contributed by atoms with Crippen LogP contribution in [-0.4, -0.2) is 29.3 Å². The molecule has 4 nitrogen and oxygen atoms in total. The van der Waals surface area contributed by atoms with Crippen molar-refractivity contribution in [2.45, 2.75) is 70.4 Å². The van der Waals surface area contributed by atoms with Crippen molar-refractivity contribution in [1.29, 1.82) is 0 Å². The van der Waals surface area contributed by atoms with E-state index < -0.39 is 0 Å². The van der Waals surface area contributed by atoms with Crippen LogP contribution in [-0.2, 0) is 10.2 Å². The van der Waals surface area contributed by atoms with Crippen LogP contribution in [0, 0.1) is 0 Å². The first-order valence-corrected chi connectivity index (χ1v) is 8.41. The number of nitrogens with zero attached hydrogens (tertiary/aromatic N) is 2. The smallest absolute Gasteiger partial charge is 0.0857 e. The van der Waals surface area contributed by atoms with Crippen molar-refractivity contribution in [3.63, 3.8) is 0 Å². The van der Waals surface area contributed by atoms with Crippen LogP contribution >= 0.6 is 11.5 Å². The Labute approximate surface area is 126 Å². The third-order valence-electron chi connectivity index (χ3n) is 3.93. The molecule has 1 aromatic heterocycles. The standard InChI is InChI=1S/C15H27N3OS/c1-15(2,3)14-13(20-18-17-14)12(16-4)9-5-7-11-8-6-10-19-11/h11-12,16H,5-10H2,1-4H3. The number of aromatic nitrogens is 2. The maximum atomic E-state index is 5.69. The van der Waals surface area contributed by atoms with Gasteiger partial charge >= 0.3 is 0 Å². The van der Waals surface area contributed by atoms with Crippen molar-refractivity contribution in [2.75, 3.05) is 13.7 Å². The molecule has 0 amide bonds. The predicted octanol–water partition coefficient (Wildman–Crippen LogP) is 3.45. The topological polar surface area (TPSA) is 47.0 Å². The van der Waals surface area contributed by atoms with Crippen LogP contribution in [0.1, 0.15) is 69.5 Å². The molecule has 20 heavy (non-hydrogen) atoms. The highest BCUT2D eigenvalue weighted by atomic mass is 32.1. The van der Waals surface area contributed by atoms with Crippen molar-refractivity contribution < 1.29 is 4.74 Å². The Morgan fingerprint density at radius 2 is 2.25 bits per heavy atom. The predicted molar refractivity (Wildman–Crippen MR) is 83.2 cm³/mol. The van der Waals surface area contributed by atoms with Crippen molar-refractivity contribution in [2.24, 2.45) is 0 Å². The lowest BCUT2D eigenvalue weighted by Crippen LogP contribution is -2.22. The first-order valence-electron chi connectivity index (χ1n) is 7.64. The van der Waals surface area contributed by atoms with Gasteiger partial charge in [0.2, 0.25) is 0 Å². The molecule has 1 aromatic rings. The Balaban J connectivity index is 1.92. The minimum atomic E-state index is 0.0615. The number of hydrogen-bond acceptors (Lipinski definition) is 5. The van der Waals surface area contributed by atoms with Crippen molar-refractivity contribution in [3.8, 4) is 0 Å². The molecule has 0 aromatic carbocycles. The zero-order valence-corrected chi connectivity index (χ0v) is 13.9. The molecule has 0 aliphatic carbocycles. The van der Waals surface area contributed by atoms with Gasteiger partial charge in [0, 0.05) is 18.1 Å². The average molecular weight is 297 g/mol. The van der Waals surface area contributed by atoms with Crippen molar-refractivity contribution >= 4 is 11.5 Å². The molecule has 1 fully saturated rings. The Kier molecular flexibility index (Phi) is 5.52. The number of ether oxygens (including phenoxy) is 1. The summed E-state index contributed by atoms with van der Waals surface area (Å²) in [4.78, 5) is 1.30. The number of nitrogens with one attached hydrogen (secondary N) is 1. The van der Waals surface area contributed by atoms with Crippen LogP contribution in [0.25, 0.3) is 0 Å². The van der Waals surface area contributed by atoms with E-state index in [1.807, 2.05) is 7.05 Å². The van der Waals surface area contributed by atoms with E-state index in [0.717, 1.165) is 18.7 Å². The molecular formula is C15H27N3OS. The van der Waals surface area contributed by atoms with Crippen LogP contribution in [0.15, 0.2) is 0 Å². The fraction of sp³-hybridized carbons (Fsp3) is 0.867. The van der Waals surface area contributed by atoms with Gasteiger partial charge in [0.1, 0.15) is 0 Å². The summed E-state index contributed by atoms with van der Waals surface area (Å²) in [5, 5.41) is 7.78. The molecule has 1 aliphatic rings. The minimum absolute atomic E-state index is 0.0615. The van der Waals surface area contributed by atoms with E-state index in [2.05, 4.69) is 35.7 Å². The summed E-state index contributed by atoms with van der Waals surface area (Å²) in [5.41, 5.74) is 1.20. The monoisotopic (exact) mass is 297 g/mol. The molecular weight excluding hydrogens is 270 g/mol. The van der Waals surface area contributed by atoms with Gasteiger partial charge in [-0.05, 0) is 50.7 Å². The Morgan fingerprint density at radius 1 is 1.45 bits per heavy atom. The molecule has 1 aliphatic heterocycles. The summed E-state index contributed by atoms with van der Waals surface area (Å²) in [6, 6.07) is 0.366. The number of hydrogen-bond donors (Lipinski definition) is 1. The van der Waals surface area contributed by atoms with Crippen LogP contribution in [0.4, 0.5) is 0 Å². The van der Waals surface area contributed by atoms with E-state index >= 15 is 0 Å². The lowest BCUT2D eigenvalue weighted by molar-refractivity contribution is 0.101. The second-order valence-electron chi connectivity index (χ2n) is 6.64. The van der Waals surface area contributed by atoms with E-state index in [9.17, 15) is 0 Å². The lowest BCUT2D eigenvalue weighted by atomic mass is 9.89. The lowest BCUT2D eigenvalue weighted by Gasteiger charge is -2.22. The molecule has 2 heterocycles. The summed E-state index contributed by atoms with van der Waals surface area (Å²) >= 11 is 1.54. The van der Waals surface area contributed by atoms with Gasteiger partial charge in [-0.2, -0.15) is 0 Å². The van der Waals surface area contributed by atoms with E-state index in [4.69, 9.17) is 4.74 Å². The van der Waals surface area contributed by atoms with Gasteiger partial charge < -0.3 is 10.1 Å². The number of rotatable bonds is 6. The molecule has 0 bridgehead atoms. The van der Waals surface area contributed by atoms with Crippen molar-refractivity contribution in [3.05, 3.63) is 10.6 Å². The highest BCUT2D eigenvalue weighted by Gasteiger charge is 2.26. The molecule has 0 radical (unpaired) electrons. The SMILES string of the molecule is CNC(CCCC1CCCO1)c1snnc1C(C)(C)C. The summed E-state index contributed by atoms with van der Waals surface area (Å²) in [7, 11) is 2.03. The quantitative estimate of drug-likeness (QED) is 0.873. The highest BCUT2D eigenvalue weighted by Crippen LogP contribution is 2.32. The Hall–Kier alpha value is -0.520. The van der Waals surface area contributed by atoms with Gasteiger partial charge in [-0.3, -0.25) is 0 Å². The average Bonchev–Trinajstić information content (AvgIpc) is 3.04. The van der Waals surface area contributed by atoms with Crippen molar-refractivity contribution in [1.82, 2.24) is 14.9 Å². The Bertz CT molecular complexity index is 407. The van der Waals surface area contributed by atoms with Gasteiger partial charge in [-0.1, -0.05) is 25.3 Å². The van der Waals surface area contributed by atoms with E-state index in [1.54, 1.807) is 0 Å². The van der Waals surface area contributed by atoms with E-state index in [-0.39, 0.29) is 5.41 Å². The van der Waals surface area contributed by atoms with Crippen LogP contribution < -0.4 is 5.32 Å². The fourth-order valence-electron chi connectivity index (χ4n) is 2.77. The van der Waals surface area contributed by atoms with Crippen LogP contribution in [0.2, 0.25) is 0 Å². The zero-order valence-electron chi connectivity index (χ0n) is 13.1. The molecule has 0 saturated carbocycles. The molecule has 0 spiro atoms. The van der Waals surface area contributed by atoms with E-state index in [0.29, 0.717) is 12.1 Å². The third-order valence-corrected chi connectivity index (χ3v) is 4.77. The summed E-state index contributed by atoms with van der Waals surface area (Å²) < 4.78 is 9.86. The normalized spacial score (nSPS) is 21.3. The summed E-state index contributed by atoms with van der Waals surface area (Å²) in [5.74, 6) is 0. The zero-order chi connectivity index (χ0) is 14.6. The maximum Gasteiger partial charge on any atom is 0.0857 e. The van der Waals surface area contributed by atoms with Gasteiger partial charge in [-0.25, -0.2) is 0 Å². The minimum Gasteiger partial charge on any atom is -0.378 e. The molecule has 5 heteroatoms. The molecule has 2 atom stereocenters. The van der Waals surface area contributed by atoms with E-state index in [1.165, 1.54) is 42.1 Å². The fourth-order valence-corrected chi connectivity index (χ4v) is 3.78. The Morgan fingerprint density at radius 3 is 2.85 bits per heavy atom. The third kappa shape index (κ3) is 3.99. The van der Waals surface area contributed by atoms with Gasteiger partial charge in [-0.15, -0.1) is 5.10 Å². The van der Waals surface area contributed by atoms with Gasteiger partial charge in [0.15, 0.2) is 0 Å². The molecule has 114 valence electrons. The molecule has 1 saturated heterocycles. The summed E-state index contributed by atoms with van der Waals surface area (Å²) in [6.07, 6.45) is 6.46. The second-order valence-corrected chi connectivity index (χ2v) is 7.43. The van der Waals surface area contributed by atoms with Gasteiger partial charge in [0.25, 0.3) is 0 Å². The highest BCUT2D eigenvalue weighted by molar-refractivity contribution is 7.05. The molecule has 2 rings (SSSR count). The first-order chi connectivity index (χ1) is 9.52. The molecule has 2 unspecified atom stereocenters. The maximum absolute atomic E-state index is 5.69. The second kappa shape index (κ2) is 6.96. The van der Waals surface area contributed by atoms with Crippen LogP contribution in [0.3, 0.4) is 0 Å². The van der Waals surface area contributed by atoms with Gasteiger partial charge in [0.05, 0.1) is 16.7 Å². The summed E-state index contributed by atoms with van der Waals surface area (Å²) in [6.45, 7) is 7.55. The first kappa shape index (κ1) is 15.9. The molecule has 1 N–H and O–H groups in total.